The fourth-order valence-electron chi connectivity index (χ4n) is 1.71. The number of aliphatic hydroxyl groups excluding tert-OH is 2. The third-order valence-corrected chi connectivity index (χ3v) is 2.68. The van der Waals surface area contributed by atoms with E-state index in [4.69, 9.17) is 9.84 Å². The molecular weight excluding hydrogens is 232 g/mol. The third kappa shape index (κ3) is 2.69. The molecular formula is C13H16N2O3. The van der Waals surface area contributed by atoms with Gasteiger partial charge in [0.2, 0.25) is 5.88 Å². The topological polar surface area (TPSA) is 74.6 Å². The molecule has 0 fully saturated rings. The molecule has 2 aromatic rings. The number of anilines is 1. The number of pyridine rings is 1. The van der Waals surface area contributed by atoms with Crippen molar-refractivity contribution in [2.45, 2.75) is 6.10 Å². The van der Waals surface area contributed by atoms with Gasteiger partial charge in [0.05, 0.1) is 19.8 Å². The summed E-state index contributed by atoms with van der Waals surface area (Å²) < 4.78 is 5.20. The summed E-state index contributed by atoms with van der Waals surface area (Å²) in [5.41, 5.74) is 0.848. The van der Waals surface area contributed by atoms with Crippen LogP contribution in [0.15, 0.2) is 30.5 Å². The summed E-state index contributed by atoms with van der Waals surface area (Å²) in [5.74, 6) is 0.568. The molecule has 5 nitrogen and oxygen atoms in total. The smallest absolute Gasteiger partial charge is 0.221 e. The van der Waals surface area contributed by atoms with Gasteiger partial charge in [-0.25, -0.2) is 4.98 Å². The summed E-state index contributed by atoms with van der Waals surface area (Å²) in [5, 5.41) is 23.0. The first-order valence-electron chi connectivity index (χ1n) is 5.70. The van der Waals surface area contributed by atoms with Crippen LogP contribution in [0, 0.1) is 0 Å². The molecule has 1 heterocycles. The number of nitrogens with zero attached hydrogens (tertiary/aromatic N) is 1. The van der Waals surface area contributed by atoms with Crippen molar-refractivity contribution in [3.63, 3.8) is 0 Å². The predicted octanol–water partition coefficient (Wildman–Crippen LogP) is 1.01. The first-order valence-corrected chi connectivity index (χ1v) is 5.70. The van der Waals surface area contributed by atoms with Crippen LogP contribution in [0.2, 0.25) is 0 Å². The van der Waals surface area contributed by atoms with E-state index >= 15 is 0 Å². The van der Waals surface area contributed by atoms with Crippen molar-refractivity contribution in [1.29, 1.82) is 0 Å². The van der Waals surface area contributed by atoms with Gasteiger partial charge in [-0.1, -0.05) is 6.07 Å². The average molecular weight is 248 g/mol. The van der Waals surface area contributed by atoms with Gasteiger partial charge in [-0.2, -0.15) is 0 Å². The number of hydrogen-bond donors (Lipinski definition) is 3. The molecule has 0 amide bonds. The zero-order valence-corrected chi connectivity index (χ0v) is 10.1. The highest BCUT2D eigenvalue weighted by atomic mass is 16.5. The van der Waals surface area contributed by atoms with Crippen molar-refractivity contribution in [2.24, 2.45) is 0 Å². The number of fused-ring (bicyclic) bond motifs is 1. The first-order chi connectivity index (χ1) is 8.74. The van der Waals surface area contributed by atoms with E-state index in [-0.39, 0.29) is 6.61 Å². The number of hydrogen-bond acceptors (Lipinski definition) is 5. The van der Waals surface area contributed by atoms with E-state index in [1.165, 1.54) is 0 Å². The molecule has 0 aliphatic rings. The fraction of sp³-hybridized carbons (Fsp3) is 0.308. The zero-order chi connectivity index (χ0) is 13.0. The number of benzene rings is 1. The van der Waals surface area contributed by atoms with Gasteiger partial charge in [0.1, 0.15) is 0 Å². The number of rotatable bonds is 5. The second-order valence-electron chi connectivity index (χ2n) is 3.97. The van der Waals surface area contributed by atoms with Gasteiger partial charge < -0.3 is 20.3 Å². The zero-order valence-electron chi connectivity index (χ0n) is 10.1. The molecule has 0 radical (unpaired) electrons. The van der Waals surface area contributed by atoms with E-state index < -0.39 is 6.10 Å². The Labute approximate surface area is 105 Å². The lowest BCUT2D eigenvalue weighted by Crippen LogP contribution is -2.22. The Hall–Kier alpha value is -1.85. The largest absolute Gasteiger partial charge is 0.481 e. The van der Waals surface area contributed by atoms with Crippen LogP contribution in [-0.2, 0) is 0 Å². The quantitative estimate of drug-likeness (QED) is 0.736. The molecule has 2 rings (SSSR count). The Morgan fingerprint density at radius 3 is 2.94 bits per heavy atom. The number of aromatic nitrogens is 1. The maximum Gasteiger partial charge on any atom is 0.221 e. The van der Waals surface area contributed by atoms with E-state index in [9.17, 15) is 5.11 Å². The highest BCUT2D eigenvalue weighted by molar-refractivity contribution is 5.89. The molecule has 96 valence electrons. The lowest BCUT2D eigenvalue weighted by atomic mass is 10.1. The van der Waals surface area contributed by atoms with E-state index in [0.29, 0.717) is 12.4 Å². The second-order valence-corrected chi connectivity index (χ2v) is 3.97. The molecule has 18 heavy (non-hydrogen) atoms. The van der Waals surface area contributed by atoms with Gasteiger partial charge in [-0.05, 0) is 23.6 Å². The summed E-state index contributed by atoms with van der Waals surface area (Å²) in [6.45, 7) is 0.0377. The molecule has 0 saturated heterocycles. The maximum atomic E-state index is 9.28. The van der Waals surface area contributed by atoms with Crippen LogP contribution in [-0.4, -0.2) is 41.6 Å². The summed E-state index contributed by atoms with van der Waals surface area (Å²) in [4.78, 5) is 4.14. The summed E-state index contributed by atoms with van der Waals surface area (Å²) in [7, 11) is 1.58. The lowest BCUT2D eigenvalue weighted by Gasteiger charge is -2.11. The lowest BCUT2D eigenvalue weighted by molar-refractivity contribution is 0.105. The Morgan fingerprint density at radius 2 is 2.22 bits per heavy atom. The van der Waals surface area contributed by atoms with Crippen molar-refractivity contribution in [2.75, 3.05) is 25.6 Å². The van der Waals surface area contributed by atoms with Crippen LogP contribution in [0.25, 0.3) is 10.8 Å². The highest BCUT2D eigenvalue weighted by Gasteiger charge is 2.05. The third-order valence-electron chi connectivity index (χ3n) is 2.68. The Balaban J connectivity index is 2.25. The Morgan fingerprint density at radius 1 is 1.39 bits per heavy atom. The minimum atomic E-state index is -0.767. The van der Waals surface area contributed by atoms with Crippen LogP contribution in [0.1, 0.15) is 0 Å². The SMILES string of the molecule is COc1nccc2ccc(NCC(O)CO)cc12. The molecule has 0 bridgehead atoms. The second kappa shape index (κ2) is 5.66. The van der Waals surface area contributed by atoms with Crippen molar-refractivity contribution in [1.82, 2.24) is 4.98 Å². The molecule has 0 aliphatic heterocycles. The molecule has 5 heteroatoms. The van der Waals surface area contributed by atoms with Crippen molar-refractivity contribution >= 4 is 16.5 Å². The number of nitrogens with one attached hydrogen (secondary N) is 1. The van der Waals surface area contributed by atoms with Crippen LogP contribution >= 0.6 is 0 Å². The van der Waals surface area contributed by atoms with Gasteiger partial charge in [-0.15, -0.1) is 0 Å². The molecule has 3 N–H and O–H groups in total. The number of methoxy groups -OCH3 is 1. The molecule has 1 aromatic carbocycles. The fourth-order valence-corrected chi connectivity index (χ4v) is 1.71. The van der Waals surface area contributed by atoms with Crippen LogP contribution in [0.4, 0.5) is 5.69 Å². The predicted molar refractivity (Wildman–Crippen MR) is 69.9 cm³/mol. The van der Waals surface area contributed by atoms with Crippen LogP contribution in [0.5, 0.6) is 5.88 Å². The van der Waals surface area contributed by atoms with Crippen molar-refractivity contribution in [3.8, 4) is 5.88 Å². The van der Waals surface area contributed by atoms with Gasteiger partial charge in [-0.3, -0.25) is 0 Å². The maximum absolute atomic E-state index is 9.28. The molecule has 0 saturated carbocycles. The van der Waals surface area contributed by atoms with Crippen LogP contribution in [0.3, 0.4) is 0 Å². The Kier molecular flexibility index (Phi) is 3.96. The van der Waals surface area contributed by atoms with E-state index in [2.05, 4.69) is 10.3 Å². The Bertz CT molecular complexity index is 531. The first kappa shape index (κ1) is 12.6. The van der Waals surface area contributed by atoms with E-state index in [1.54, 1.807) is 13.3 Å². The highest BCUT2D eigenvalue weighted by Crippen LogP contribution is 2.25. The molecule has 1 aromatic heterocycles. The molecule has 0 spiro atoms. The van der Waals surface area contributed by atoms with E-state index in [0.717, 1.165) is 16.5 Å². The van der Waals surface area contributed by atoms with Crippen LogP contribution < -0.4 is 10.1 Å². The minimum Gasteiger partial charge on any atom is -0.481 e. The molecule has 0 aliphatic carbocycles. The van der Waals surface area contributed by atoms with Crippen molar-refractivity contribution < 1.29 is 14.9 Å². The summed E-state index contributed by atoms with van der Waals surface area (Å²) >= 11 is 0. The van der Waals surface area contributed by atoms with E-state index in [1.807, 2.05) is 24.3 Å². The monoisotopic (exact) mass is 248 g/mol. The standard InChI is InChI=1S/C13H16N2O3/c1-18-13-12-6-10(15-7-11(17)8-16)3-2-9(12)4-5-14-13/h2-6,11,15-17H,7-8H2,1H3. The number of ether oxygens (including phenoxy) is 1. The molecule has 1 unspecified atom stereocenters. The minimum absolute atomic E-state index is 0.258. The normalized spacial score (nSPS) is 12.4. The average Bonchev–Trinajstić information content (AvgIpc) is 2.43. The summed E-state index contributed by atoms with van der Waals surface area (Å²) in [6, 6.07) is 7.68. The van der Waals surface area contributed by atoms with Gasteiger partial charge in [0, 0.05) is 23.8 Å². The van der Waals surface area contributed by atoms with Crippen molar-refractivity contribution in [3.05, 3.63) is 30.5 Å². The van der Waals surface area contributed by atoms with Gasteiger partial charge >= 0.3 is 0 Å². The number of aliphatic hydroxyl groups is 2. The summed E-state index contributed by atoms with van der Waals surface area (Å²) in [6.07, 6.45) is 0.931. The van der Waals surface area contributed by atoms with Gasteiger partial charge in [0.25, 0.3) is 0 Å². The molecule has 1 atom stereocenters. The van der Waals surface area contributed by atoms with Gasteiger partial charge in [0.15, 0.2) is 0 Å².